The van der Waals surface area contributed by atoms with Crippen LogP contribution in [0.1, 0.15) is 33.2 Å². The lowest BCUT2D eigenvalue weighted by Gasteiger charge is -2.24. The molecule has 3 heterocycles. The summed E-state index contributed by atoms with van der Waals surface area (Å²) < 4.78 is 109. The van der Waals surface area contributed by atoms with Crippen LogP contribution in [-0.2, 0) is 12.1 Å². The van der Waals surface area contributed by atoms with Crippen LogP contribution in [-0.4, -0.2) is 60.9 Å². The molecule has 0 bridgehead atoms. The Balaban J connectivity index is 1.53. The van der Waals surface area contributed by atoms with E-state index < -0.39 is 68.1 Å². The number of nitrogens with one attached hydrogen (secondary N) is 1. The largest absolute Gasteiger partial charge is 0.494 e. The Morgan fingerprint density at radius 3 is 2.42 bits per heavy atom. The van der Waals surface area contributed by atoms with E-state index in [1.54, 1.807) is 0 Å². The van der Waals surface area contributed by atoms with Gasteiger partial charge in [0.05, 0.1) is 23.9 Å². The van der Waals surface area contributed by atoms with Gasteiger partial charge in [0.15, 0.2) is 0 Å². The van der Waals surface area contributed by atoms with Crippen LogP contribution in [0.5, 0.6) is 11.5 Å². The number of pyridine rings is 1. The molecule has 1 N–H and O–H groups in total. The first-order chi connectivity index (χ1) is 20.5. The van der Waals surface area contributed by atoms with Crippen molar-refractivity contribution in [3.63, 3.8) is 0 Å². The van der Waals surface area contributed by atoms with Gasteiger partial charge in [0.1, 0.15) is 61.1 Å². The lowest BCUT2D eigenvalue weighted by Crippen LogP contribution is -2.36. The molecular weight excluding hydrogens is 585 g/mol. The molecular formula is C29H23F7N4O3. The molecule has 5 rings (SSSR count). The van der Waals surface area contributed by atoms with E-state index in [4.69, 9.17) is 9.47 Å². The molecule has 0 saturated heterocycles. The summed E-state index contributed by atoms with van der Waals surface area (Å²) in [7, 11) is 1.29. The summed E-state index contributed by atoms with van der Waals surface area (Å²) in [6, 6.07) is 9.45. The maximum atomic E-state index is 14.5. The smallest absolute Gasteiger partial charge is 0.398 e. The number of amides is 1. The maximum absolute atomic E-state index is 14.5. The quantitative estimate of drug-likeness (QED) is 0.236. The number of rotatable bonds is 9. The summed E-state index contributed by atoms with van der Waals surface area (Å²) >= 11 is 0. The minimum absolute atomic E-state index is 0.0227. The van der Waals surface area contributed by atoms with Crippen LogP contribution in [0.15, 0.2) is 48.5 Å². The molecule has 1 amide bonds. The van der Waals surface area contributed by atoms with E-state index in [1.165, 1.54) is 37.4 Å². The highest BCUT2D eigenvalue weighted by Crippen LogP contribution is 2.47. The predicted octanol–water partition coefficient (Wildman–Crippen LogP) is 5.95. The second kappa shape index (κ2) is 11.7. The normalized spacial score (nSPS) is 14.7. The Morgan fingerprint density at radius 2 is 1.79 bits per heavy atom. The van der Waals surface area contributed by atoms with Crippen LogP contribution in [0.25, 0.3) is 22.2 Å². The van der Waals surface area contributed by atoms with Crippen LogP contribution < -0.4 is 14.8 Å². The van der Waals surface area contributed by atoms with Crippen molar-refractivity contribution in [3.8, 4) is 22.8 Å². The Kier molecular flexibility index (Phi) is 8.12. The lowest BCUT2D eigenvalue weighted by molar-refractivity contribution is -0.149. The predicted molar refractivity (Wildman–Crippen MR) is 141 cm³/mol. The fourth-order valence-electron chi connectivity index (χ4n) is 4.83. The number of aromatic nitrogens is 3. The number of hydrogen-bond donors (Lipinski definition) is 1. The Labute approximate surface area is 240 Å². The number of hydrogen-bond acceptors (Lipinski definition) is 6. The van der Waals surface area contributed by atoms with Crippen molar-refractivity contribution in [3.05, 3.63) is 76.9 Å². The highest BCUT2D eigenvalue weighted by molar-refractivity contribution is 5.99. The van der Waals surface area contributed by atoms with Gasteiger partial charge < -0.3 is 14.8 Å². The Hall–Kier alpha value is -4.49. The van der Waals surface area contributed by atoms with E-state index >= 15 is 0 Å². The molecule has 1 aliphatic heterocycles. The molecule has 0 spiro atoms. The van der Waals surface area contributed by atoms with E-state index in [1.807, 2.05) is 0 Å². The standard InChI is InChI=1S/C29H23F7N4O3/c1-42-23-8-17(6-16-7-19(10-30)39-40-24(16)23)27(41)37-11-21(29(34,35)36)22-9-20-26(43-14-28(20,12-31)13-32)25(38-22)15-2-4-18(33)5-3-15/h2-9,21H,10-14H2,1H3,(H,37,41). The summed E-state index contributed by atoms with van der Waals surface area (Å²) in [4.78, 5) is 17.2. The molecule has 43 heavy (non-hydrogen) atoms. The summed E-state index contributed by atoms with van der Waals surface area (Å²) in [6.45, 7) is -4.91. The van der Waals surface area contributed by atoms with Crippen molar-refractivity contribution in [1.82, 2.24) is 20.5 Å². The zero-order chi connectivity index (χ0) is 30.9. The van der Waals surface area contributed by atoms with Crippen LogP contribution >= 0.6 is 0 Å². The molecule has 1 aliphatic rings. The van der Waals surface area contributed by atoms with E-state index in [2.05, 4.69) is 20.5 Å². The first-order valence-corrected chi connectivity index (χ1v) is 12.8. The lowest BCUT2D eigenvalue weighted by atomic mass is 9.83. The first kappa shape index (κ1) is 30.0. The molecule has 0 saturated carbocycles. The van der Waals surface area contributed by atoms with Gasteiger partial charge >= 0.3 is 6.18 Å². The molecule has 1 unspecified atom stereocenters. The Bertz CT molecular complexity index is 1660. The molecule has 0 fully saturated rings. The van der Waals surface area contributed by atoms with Crippen LogP contribution in [0, 0.1) is 5.82 Å². The number of carbonyl (C=O) groups is 1. The molecule has 2 aromatic heterocycles. The van der Waals surface area contributed by atoms with Crippen LogP contribution in [0.3, 0.4) is 0 Å². The first-order valence-electron chi connectivity index (χ1n) is 12.8. The SMILES string of the molecule is COc1cc(C(=O)NCC(c2cc3c(c(-c4ccc(F)cc4)n2)OCC3(CF)CF)C(F)(F)F)cc2cc(CF)nnc12. The maximum Gasteiger partial charge on any atom is 0.398 e. The Morgan fingerprint density at radius 1 is 1.07 bits per heavy atom. The number of halogens is 7. The van der Waals surface area contributed by atoms with E-state index in [0.29, 0.717) is 0 Å². The second-order valence-corrected chi connectivity index (χ2v) is 10.0. The average Bonchev–Trinajstić information content (AvgIpc) is 3.38. The number of fused-ring (bicyclic) bond motifs is 2. The van der Waals surface area contributed by atoms with Gasteiger partial charge in [0.2, 0.25) is 0 Å². The topological polar surface area (TPSA) is 86.2 Å². The van der Waals surface area contributed by atoms with Gasteiger partial charge in [-0.25, -0.2) is 22.5 Å². The highest BCUT2D eigenvalue weighted by atomic mass is 19.4. The zero-order valence-electron chi connectivity index (χ0n) is 22.4. The fraction of sp³-hybridized carbons (Fsp3) is 0.310. The zero-order valence-corrected chi connectivity index (χ0v) is 22.4. The van der Waals surface area contributed by atoms with Gasteiger partial charge in [-0.1, -0.05) is 0 Å². The monoisotopic (exact) mass is 608 g/mol. The minimum atomic E-state index is -4.96. The molecule has 7 nitrogen and oxygen atoms in total. The number of benzene rings is 2. The minimum Gasteiger partial charge on any atom is -0.494 e. The average molecular weight is 609 g/mol. The summed E-state index contributed by atoms with van der Waals surface area (Å²) in [5.41, 5.74) is -2.52. The van der Waals surface area contributed by atoms with Gasteiger partial charge in [0.25, 0.3) is 5.91 Å². The second-order valence-electron chi connectivity index (χ2n) is 10.0. The van der Waals surface area contributed by atoms with Gasteiger partial charge in [-0.3, -0.25) is 4.79 Å². The molecule has 1 atom stereocenters. The van der Waals surface area contributed by atoms with Crippen molar-refractivity contribution < 1.29 is 45.0 Å². The number of carbonyl (C=O) groups excluding carboxylic acids is 1. The van der Waals surface area contributed by atoms with Gasteiger partial charge in [-0.15, -0.1) is 5.10 Å². The fourth-order valence-corrected chi connectivity index (χ4v) is 4.83. The third-order valence-electron chi connectivity index (χ3n) is 7.23. The summed E-state index contributed by atoms with van der Waals surface area (Å²) in [6.07, 6.45) is -4.96. The van der Waals surface area contributed by atoms with Gasteiger partial charge in [-0.2, -0.15) is 18.3 Å². The van der Waals surface area contributed by atoms with E-state index in [-0.39, 0.29) is 50.5 Å². The van der Waals surface area contributed by atoms with Gasteiger partial charge in [0, 0.05) is 28.6 Å². The molecule has 2 aromatic carbocycles. The number of nitrogens with zero attached hydrogens (tertiary/aromatic N) is 3. The van der Waals surface area contributed by atoms with Crippen molar-refractivity contribution in [1.29, 1.82) is 0 Å². The number of ether oxygens (including phenoxy) is 2. The molecule has 14 heteroatoms. The summed E-state index contributed by atoms with van der Waals surface area (Å²) in [5.74, 6) is -3.96. The summed E-state index contributed by atoms with van der Waals surface area (Å²) in [5, 5.41) is 10.1. The van der Waals surface area contributed by atoms with Crippen molar-refractivity contribution in [2.24, 2.45) is 0 Å². The molecule has 226 valence electrons. The van der Waals surface area contributed by atoms with E-state index in [9.17, 15) is 35.5 Å². The molecule has 4 aromatic rings. The third kappa shape index (κ3) is 5.65. The number of alkyl halides is 6. The van der Waals surface area contributed by atoms with E-state index in [0.717, 1.165) is 18.2 Å². The van der Waals surface area contributed by atoms with Crippen LogP contribution in [0.4, 0.5) is 30.7 Å². The third-order valence-corrected chi connectivity index (χ3v) is 7.23. The highest BCUT2D eigenvalue weighted by Gasteiger charge is 2.47. The van der Waals surface area contributed by atoms with Crippen molar-refractivity contribution in [2.75, 3.05) is 33.6 Å². The number of methoxy groups -OCH3 is 1. The molecule has 0 aliphatic carbocycles. The van der Waals surface area contributed by atoms with Crippen molar-refractivity contribution >= 4 is 16.8 Å². The van der Waals surface area contributed by atoms with Crippen LogP contribution in [0.2, 0.25) is 0 Å². The molecule has 0 radical (unpaired) electrons. The van der Waals surface area contributed by atoms with Gasteiger partial charge in [-0.05, 0) is 48.5 Å². The van der Waals surface area contributed by atoms with Crippen molar-refractivity contribution in [2.45, 2.75) is 24.2 Å².